The molecule has 3 aromatic carbocycles. The van der Waals surface area contributed by atoms with Crippen molar-refractivity contribution in [1.82, 2.24) is 10.2 Å². The lowest BCUT2D eigenvalue weighted by Crippen LogP contribution is -2.51. The summed E-state index contributed by atoms with van der Waals surface area (Å²) >= 11 is 12.3. The van der Waals surface area contributed by atoms with Crippen molar-refractivity contribution in [3.8, 4) is 0 Å². The van der Waals surface area contributed by atoms with E-state index >= 15 is 0 Å². The van der Waals surface area contributed by atoms with Crippen LogP contribution in [0.1, 0.15) is 30.0 Å². The highest BCUT2D eigenvalue weighted by Crippen LogP contribution is 2.31. The molecule has 0 radical (unpaired) electrons. The van der Waals surface area contributed by atoms with E-state index in [1.165, 1.54) is 42.3 Å². The fourth-order valence-electron chi connectivity index (χ4n) is 4.06. The van der Waals surface area contributed by atoms with Gasteiger partial charge in [0.15, 0.2) is 0 Å². The fraction of sp³-hybridized carbons (Fsp3) is 0.286. The number of aryl methyl sites for hydroxylation is 2. The van der Waals surface area contributed by atoms with E-state index in [4.69, 9.17) is 23.2 Å². The van der Waals surface area contributed by atoms with E-state index in [1.807, 2.05) is 38.1 Å². The largest absolute Gasteiger partial charge is 0.357 e. The smallest absolute Gasteiger partial charge is 0.264 e. The van der Waals surface area contributed by atoms with Crippen LogP contribution in [0.15, 0.2) is 71.6 Å². The van der Waals surface area contributed by atoms with Crippen LogP contribution in [-0.2, 0) is 26.2 Å². The third kappa shape index (κ3) is 6.67. The Morgan fingerprint density at radius 1 is 0.947 bits per heavy atom. The number of anilines is 1. The molecular weight excluding hydrogens is 545 g/mol. The second-order valence-corrected chi connectivity index (χ2v) is 11.6. The molecule has 3 aromatic rings. The minimum atomic E-state index is -4.18. The van der Waals surface area contributed by atoms with Crippen molar-refractivity contribution in [2.24, 2.45) is 0 Å². The highest BCUT2D eigenvalue weighted by atomic mass is 35.5. The summed E-state index contributed by atoms with van der Waals surface area (Å²) in [5, 5.41) is 3.01. The number of benzene rings is 3. The Balaban J connectivity index is 2.10. The van der Waals surface area contributed by atoms with Crippen LogP contribution in [0, 0.1) is 13.8 Å². The maximum atomic E-state index is 13.9. The Morgan fingerprint density at radius 2 is 1.61 bits per heavy atom. The van der Waals surface area contributed by atoms with Crippen LogP contribution in [0.4, 0.5) is 5.69 Å². The number of carbonyl (C=O) groups excluding carboxylic acids is 2. The van der Waals surface area contributed by atoms with Gasteiger partial charge in [0.05, 0.1) is 20.6 Å². The maximum absolute atomic E-state index is 13.9. The van der Waals surface area contributed by atoms with Crippen LogP contribution in [0.3, 0.4) is 0 Å². The summed E-state index contributed by atoms with van der Waals surface area (Å²) in [4.78, 5) is 28.2. The topological polar surface area (TPSA) is 86.8 Å². The van der Waals surface area contributed by atoms with Gasteiger partial charge >= 0.3 is 0 Å². The average Bonchev–Trinajstić information content (AvgIpc) is 2.89. The van der Waals surface area contributed by atoms with Crippen molar-refractivity contribution < 1.29 is 18.0 Å². The minimum absolute atomic E-state index is 0.0192. The van der Waals surface area contributed by atoms with Crippen LogP contribution in [0.5, 0.6) is 0 Å². The molecule has 0 aliphatic rings. The number of sulfonamides is 1. The Morgan fingerprint density at radius 3 is 2.18 bits per heavy atom. The zero-order chi connectivity index (χ0) is 28.0. The summed E-state index contributed by atoms with van der Waals surface area (Å²) in [7, 11) is -2.68. The summed E-state index contributed by atoms with van der Waals surface area (Å²) in [6.07, 6.45) is 0.342. The predicted molar refractivity (Wildman–Crippen MR) is 152 cm³/mol. The molecule has 1 N–H and O–H groups in total. The lowest BCUT2D eigenvalue weighted by atomic mass is 10.1. The van der Waals surface area contributed by atoms with Gasteiger partial charge in [-0.2, -0.15) is 0 Å². The first-order chi connectivity index (χ1) is 18.0. The molecule has 38 heavy (non-hydrogen) atoms. The zero-order valence-electron chi connectivity index (χ0n) is 21.7. The van der Waals surface area contributed by atoms with Gasteiger partial charge in [-0.1, -0.05) is 72.1 Å². The fourth-order valence-corrected chi connectivity index (χ4v) is 5.76. The van der Waals surface area contributed by atoms with Gasteiger partial charge in [0.1, 0.15) is 12.6 Å². The number of nitrogens with zero attached hydrogens (tertiary/aromatic N) is 2. The number of likely N-dealkylation sites (N-methyl/N-ethyl adjacent to an activating group) is 1. The number of amides is 2. The first-order valence-electron chi connectivity index (χ1n) is 12.1. The van der Waals surface area contributed by atoms with E-state index in [9.17, 15) is 18.0 Å². The summed E-state index contributed by atoms with van der Waals surface area (Å²) in [6, 6.07) is 17.5. The molecular formula is C28H31Cl2N3O4S. The molecule has 0 saturated carbocycles. The molecule has 0 saturated heterocycles. The zero-order valence-corrected chi connectivity index (χ0v) is 24.1. The van der Waals surface area contributed by atoms with E-state index in [2.05, 4.69) is 5.32 Å². The minimum Gasteiger partial charge on any atom is -0.357 e. The quantitative estimate of drug-likeness (QED) is 0.352. The van der Waals surface area contributed by atoms with Gasteiger partial charge in [-0.25, -0.2) is 8.42 Å². The van der Waals surface area contributed by atoms with Gasteiger partial charge in [0.2, 0.25) is 11.8 Å². The van der Waals surface area contributed by atoms with E-state index in [0.717, 1.165) is 21.0 Å². The van der Waals surface area contributed by atoms with Crippen LogP contribution in [0.2, 0.25) is 10.0 Å². The normalized spacial score (nSPS) is 12.1. The first kappa shape index (κ1) is 29.5. The van der Waals surface area contributed by atoms with E-state index in [-0.39, 0.29) is 33.1 Å². The standard InChI is InChI=1S/C28H31Cl2N3O4S/c1-5-26(28(35)31-4)32(17-21-9-7-6-8-20(21)3)27(34)18-33(22-12-15-24(29)25(30)16-22)38(36,37)23-13-10-19(2)11-14-23/h6-16,26H,5,17-18H2,1-4H3,(H,31,35)/t26-/m0/s1. The van der Waals surface area contributed by atoms with E-state index in [0.29, 0.717) is 6.42 Å². The second kappa shape index (κ2) is 12.7. The number of nitrogens with one attached hydrogen (secondary N) is 1. The second-order valence-electron chi connectivity index (χ2n) is 8.91. The third-order valence-electron chi connectivity index (χ3n) is 6.31. The maximum Gasteiger partial charge on any atom is 0.264 e. The lowest BCUT2D eigenvalue weighted by Gasteiger charge is -2.33. The number of hydrogen-bond acceptors (Lipinski definition) is 4. The number of hydrogen-bond donors (Lipinski definition) is 1. The summed E-state index contributed by atoms with van der Waals surface area (Å²) in [6.45, 7) is 5.16. The number of carbonyl (C=O) groups is 2. The SMILES string of the molecule is CC[C@@H](C(=O)NC)N(Cc1ccccc1C)C(=O)CN(c1ccc(Cl)c(Cl)c1)S(=O)(=O)c1ccc(C)cc1. The molecule has 0 spiro atoms. The van der Waals surface area contributed by atoms with Crippen LogP contribution in [0.25, 0.3) is 0 Å². The summed E-state index contributed by atoms with van der Waals surface area (Å²) in [5.74, 6) is -0.873. The lowest BCUT2D eigenvalue weighted by molar-refractivity contribution is -0.140. The molecule has 1 atom stereocenters. The molecule has 202 valence electrons. The molecule has 0 bridgehead atoms. The molecule has 2 amide bonds. The van der Waals surface area contributed by atoms with Crippen LogP contribution >= 0.6 is 23.2 Å². The Kier molecular flexibility index (Phi) is 9.82. The van der Waals surface area contributed by atoms with Crippen molar-refractivity contribution in [1.29, 1.82) is 0 Å². The highest BCUT2D eigenvalue weighted by molar-refractivity contribution is 7.92. The van der Waals surface area contributed by atoms with E-state index < -0.39 is 28.5 Å². The van der Waals surface area contributed by atoms with Crippen molar-refractivity contribution in [2.75, 3.05) is 17.9 Å². The molecule has 0 fully saturated rings. The van der Waals surface area contributed by atoms with Crippen molar-refractivity contribution >= 4 is 50.7 Å². The monoisotopic (exact) mass is 575 g/mol. The van der Waals surface area contributed by atoms with E-state index in [1.54, 1.807) is 19.1 Å². The average molecular weight is 577 g/mol. The van der Waals surface area contributed by atoms with Crippen molar-refractivity contribution in [3.05, 3.63) is 93.5 Å². The van der Waals surface area contributed by atoms with Gasteiger partial charge in [0.25, 0.3) is 10.0 Å². The van der Waals surface area contributed by atoms with Crippen LogP contribution in [-0.4, -0.2) is 44.8 Å². The van der Waals surface area contributed by atoms with Gasteiger partial charge < -0.3 is 10.2 Å². The number of halogens is 2. The first-order valence-corrected chi connectivity index (χ1v) is 14.3. The molecule has 7 nitrogen and oxygen atoms in total. The third-order valence-corrected chi connectivity index (χ3v) is 8.84. The van der Waals surface area contributed by atoms with Crippen molar-refractivity contribution in [3.63, 3.8) is 0 Å². The molecule has 0 heterocycles. The number of rotatable bonds is 10. The molecule has 0 aliphatic carbocycles. The molecule has 10 heteroatoms. The van der Waals surface area contributed by atoms with Crippen LogP contribution < -0.4 is 9.62 Å². The Bertz CT molecular complexity index is 1410. The van der Waals surface area contributed by atoms with Gasteiger partial charge in [-0.15, -0.1) is 0 Å². The molecule has 0 unspecified atom stereocenters. The van der Waals surface area contributed by atoms with Gasteiger partial charge in [-0.05, 0) is 61.7 Å². The highest BCUT2D eigenvalue weighted by Gasteiger charge is 2.33. The predicted octanol–water partition coefficient (Wildman–Crippen LogP) is 5.36. The van der Waals surface area contributed by atoms with Gasteiger partial charge in [-0.3, -0.25) is 13.9 Å². The molecule has 0 aromatic heterocycles. The Hall–Kier alpha value is -3.07. The molecule has 0 aliphatic heterocycles. The summed E-state index contributed by atoms with van der Waals surface area (Å²) < 4.78 is 28.7. The Labute approximate surface area is 234 Å². The van der Waals surface area contributed by atoms with Gasteiger partial charge in [0, 0.05) is 13.6 Å². The van der Waals surface area contributed by atoms with Crippen molar-refractivity contribution in [2.45, 2.75) is 44.7 Å². The summed E-state index contributed by atoms with van der Waals surface area (Å²) in [5.41, 5.74) is 2.87. The molecule has 3 rings (SSSR count).